The summed E-state index contributed by atoms with van der Waals surface area (Å²) in [5.41, 5.74) is 0. The second kappa shape index (κ2) is 5.51. The first-order chi connectivity index (χ1) is 5.84. The molecule has 72 valence electrons. The number of rotatable bonds is 5. The Morgan fingerprint density at radius 2 is 2.25 bits per heavy atom. The summed E-state index contributed by atoms with van der Waals surface area (Å²) in [4.78, 5) is 0. The maximum atomic E-state index is 5.56. The Morgan fingerprint density at radius 3 is 2.83 bits per heavy atom. The van der Waals surface area contributed by atoms with Crippen LogP contribution in [0.15, 0.2) is 0 Å². The lowest BCUT2D eigenvalue weighted by atomic mass is 10.0. The lowest BCUT2D eigenvalue weighted by Gasteiger charge is -2.14. The maximum absolute atomic E-state index is 5.56. The molecule has 1 fully saturated rings. The van der Waals surface area contributed by atoms with Crippen LogP contribution in [-0.4, -0.2) is 39.4 Å². The highest BCUT2D eigenvalue weighted by atomic mass is 16.5. The Labute approximate surface area is 74.9 Å². The van der Waals surface area contributed by atoms with Gasteiger partial charge < -0.3 is 15.4 Å². The quantitative estimate of drug-likeness (QED) is 0.582. The van der Waals surface area contributed by atoms with E-state index >= 15 is 0 Å². The molecule has 0 aromatic rings. The largest absolute Gasteiger partial charge is 0.377 e. The Kier molecular flexibility index (Phi) is 4.58. The van der Waals surface area contributed by atoms with Crippen molar-refractivity contribution >= 4 is 0 Å². The Hall–Kier alpha value is -0.120. The Morgan fingerprint density at radius 1 is 1.42 bits per heavy atom. The van der Waals surface area contributed by atoms with Crippen molar-refractivity contribution in [3.8, 4) is 0 Å². The molecule has 2 N–H and O–H groups in total. The van der Waals surface area contributed by atoms with Gasteiger partial charge in [0.2, 0.25) is 0 Å². The average Bonchev–Trinajstić information content (AvgIpc) is 2.46. The van der Waals surface area contributed by atoms with Crippen molar-refractivity contribution in [2.75, 3.05) is 33.3 Å². The fraction of sp³-hybridized carbons (Fsp3) is 1.00. The molecule has 1 rings (SSSR count). The third kappa shape index (κ3) is 3.09. The smallest absolute Gasteiger partial charge is 0.0725 e. The molecule has 2 atom stereocenters. The van der Waals surface area contributed by atoms with Gasteiger partial charge in [-0.2, -0.15) is 0 Å². The van der Waals surface area contributed by atoms with Gasteiger partial charge in [-0.05, 0) is 19.4 Å². The van der Waals surface area contributed by atoms with Gasteiger partial charge in [0, 0.05) is 26.2 Å². The van der Waals surface area contributed by atoms with Gasteiger partial charge in [0.15, 0.2) is 0 Å². The zero-order chi connectivity index (χ0) is 8.81. The number of hydrogen-bond acceptors (Lipinski definition) is 3. The fourth-order valence-electron chi connectivity index (χ4n) is 1.47. The summed E-state index contributed by atoms with van der Waals surface area (Å²) in [6.07, 6.45) is 1.67. The molecular weight excluding hydrogens is 152 g/mol. The van der Waals surface area contributed by atoms with E-state index in [1.54, 1.807) is 0 Å². The third-order valence-electron chi connectivity index (χ3n) is 2.44. The van der Waals surface area contributed by atoms with E-state index in [1.165, 1.54) is 6.42 Å². The molecule has 1 saturated heterocycles. The van der Waals surface area contributed by atoms with Gasteiger partial charge in [-0.15, -0.1) is 0 Å². The molecule has 0 aromatic carbocycles. The molecule has 1 aliphatic rings. The zero-order valence-corrected chi connectivity index (χ0v) is 8.10. The summed E-state index contributed by atoms with van der Waals surface area (Å²) in [6, 6.07) is 0. The second-order valence-electron chi connectivity index (χ2n) is 3.48. The first kappa shape index (κ1) is 9.96. The minimum Gasteiger partial charge on any atom is -0.377 e. The van der Waals surface area contributed by atoms with E-state index in [0.29, 0.717) is 6.10 Å². The first-order valence-corrected chi connectivity index (χ1v) is 4.81. The lowest BCUT2D eigenvalue weighted by Crippen LogP contribution is -2.33. The molecule has 0 radical (unpaired) electrons. The highest BCUT2D eigenvalue weighted by Gasteiger charge is 2.23. The van der Waals surface area contributed by atoms with Crippen molar-refractivity contribution < 1.29 is 4.74 Å². The van der Waals surface area contributed by atoms with Gasteiger partial charge in [-0.1, -0.05) is 6.92 Å². The fourth-order valence-corrected chi connectivity index (χ4v) is 1.47. The number of likely N-dealkylation sites (N-methyl/N-ethyl adjacent to an activating group) is 1. The standard InChI is InChI=1S/C9H20N2O/c1-8-3-6-12-9(8)7-11-5-4-10-2/h8-11H,3-7H2,1-2H3. The monoisotopic (exact) mass is 172 g/mol. The van der Waals surface area contributed by atoms with E-state index < -0.39 is 0 Å². The molecule has 1 aliphatic heterocycles. The molecule has 0 bridgehead atoms. The molecule has 0 amide bonds. The van der Waals surface area contributed by atoms with Crippen LogP contribution in [0.5, 0.6) is 0 Å². The zero-order valence-electron chi connectivity index (χ0n) is 8.10. The van der Waals surface area contributed by atoms with E-state index in [4.69, 9.17) is 4.74 Å². The van der Waals surface area contributed by atoms with Crippen molar-refractivity contribution in [3.63, 3.8) is 0 Å². The van der Waals surface area contributed by atoms with Crippen LogP contribution in [0.1, 0.15) is 13.3 Å². The molecule has 12 heavy (non-hydrogen) atoms. The van der Waals surface area contributed by atoms with Crippen LogP contribution in [0.4, 0.5) is 0 Å². The molecule has 1 heterocycles. The van der Waals surface area contributed by atoms with Crippen LogP contribution in [0, 0.1) is 5.92 Å². The van der Waals surface area contributed by atoms with Crippen LogP contribution < -0.4 is 10.6 Å². The van der Waals surface area contributed by atoms with Crippen LogP contribution >= 0.6 is 0 Å². The minimum absolute atomic E-state index is 0.446. The predicted molar refractivity (Wildman–Crippen MR) is 50.3 cm³/mol. The molecule has 3 heteroatoms. The summed E-state index contributed by atoms with van der Waals surface area (Å²) in [5, 5.41) is 6.47. The summed E-state index contributed by atoms with van der Waals surface area (Å²) >= 11 is 0. The van der Waals surface area contributed by atoms with E-state index in [-0.39, 0.29) is 0 Å². The maximum Gasteiger partial charge on any atom is 0.0725 e. The van der Waals surface area contributed by atoms with Crippen molar-refractivity contribution in [2.24, 2.45) is 5.92 Å². The highest BCUT2D eigenvalue weighted by molar-refractivity contribution is 4.74. The van der Waals surface area contributed by atoms with E-state index in [1.807, 2.05) is 7.05 Å². The van der Waals surface area contributed by atoms with Gasteiger partial charge >= 0.3 is 0 Å². The summed E-state index contributed by atoms with van der Waals surface area (Å²) in [5.74, 6) is 0.729. The first-order valence-electron chi connectivity index (χ1n) is 4.81. The van der Waals surface area contributed by atoms with Crippen LogP contribution in [0.25, 0.3) is 0 Å². The molecule has 3 nitrogen and oxygen atoms in total. The van der Waals surface area contributed by atoms with Crippen LogP contribution in [0.2, 0.25) is 0 Å². The minimum atomic E-state index is 0.446. The van der Waals surface area contributed by atoms with Gasteiger partial charge in [-0.25, -0.2) is 0 Å². The van der Waals surface area contributed by atoms with Gasteiger partial charge in [0.1, 0.15) is 0 Å². The van der Waals surface area contributed by atoms with Crippen molar-refractivity contribution in [3.05, 3.63) is 0 Å². The van der Waals surface area contributed by atoms with Gasteiger partial charge in [0.25, 0.3) is 0 Å². The SMILES string of the molecule is CNCCNCC1OCCC1C. The summed E-state index contributed by atoms with van der Waals surface area (Å²) in [7, 11) is 1.97. The predicted octanol–water partition coefficient (Wildman–Crippen LogP) is 0.220. The summed E-state index contributed by atoms with van der Waals surface area (Å²) < 4.78 is 5.56. The van der Waals surface area contributed by atoms with E-state index in [9.17, 15) is 0 Å². The number of hydrogen-bond donors (Lipinski definition) is 2. The Bertz CT molecular complexity index is 119. The Balaban J connectivity index is 1.98. The van der Waals surface area contributed by atoms with Crippen molar-refractivity contribution in [1.29, 1.82) is 0 Å². The van der Waals surface area contributed by atoms with Crippen molar-refractivity contribution in [2.45, 2.75) is 19.4 Å². The van der Waals surface area contributed by atoms with Crippen molar-refractivity contribution in [1.82, 2.24) is 10.6 Å². The van der Waals surface area contributed by atoms with Crippen LogP contribution in [0.3, 0.4) is 0 Å². The van der Waals surface area contributed by atoms with E-state index in [0.717, 1.165) is 32.2 Å². The molecule has 0 spiro atoms. The lowest BCUT2D eigenvalue weighted by molar-refractivity contribution is 0.0936. The third-order valence-corrected chi connectivity index (χ3v) is 2.44. The molecule has 0 saturated carbocycles. The number of ether oxygens (including phenoxy) is 1. The number of nitrogens with one attached hydrogen (secondary N) is 2. The second-order valence-corrected chi connectivity index (χ2v) is 3.48. The topological polar surface area (TPSA) is 33.3 Å². The highest BCUT2D eigenvalue weighted by Crippen LogP contribution is 2.18. The van der Waals surface area contributed by atoms with Gasteiger partial charge in [-0.3, -0.25) is 0 Å². The molecule has 2 unspecified atom stereocenters. The average molecular weight is 172 g/mol. The van der Waals surface area contributed by atoms with Crippen LogP contribution in [-0.2, 0) is 4.74 Å². The molecule has 0 aliphatic carbocycles. The summed E-state index contributed by atoms with van der Waals surface area (Å²) in [6.45, 7) is 6.27. The van der Waals surface area contributed by atoms with E-state index in [2.05, 4.69) is 17.6 Å². The normalized spacial score (nSPS) is 29.5. The molecular formula is C9H20N2O. The van der Waals surface area contributed by atoms with Gasteiger partial charge in [0.05, 0.1) is 6.10 Å². The molecule has 0 aromatic heterocycles.